The first-order chi connectivity index (χ1) is 33.4. The van der Waals surface area contributed by atoms with Gasteiger partial charge in [-0.3, -0.25) is 9.59 Å². The van der Waals surface area contributed by atoms with Crippen molar-refractivity contribution in [3.63, 3.8) is 0 Å². The molecule has 70 heavy (non-hydrogen) atoms. The first-order valence-corrected chi connectivity index (χ1v) is 31.2. The molecule has 0 aromatic heterocycles. The van der Waals surface area contributed by atoms with Gasteiger partial charge in [-0.25, -0.2) is 0 Å². The van der Waals surface area contributed by atoms with Crippen LogP contribution < -0.4 is 5.32 Å². The third-order valence-electron chi connectivity index (χ3n) is 12.9. The molecule has 0 saturated carbocycles. The van der Waals surface area contributed by atoms with Gasteiger partial charge in [-0.2, -0.15) is 0 Å². The van der Waals surface area contributed by atoms with E-state index in [0.29, 0.717) is 13.2 Å². The molecule has 4 aromatic carbocycles. The second-order valence-electron chi connectivity index (χ2n) is 21.0. The normalized spacial score (nSPS) is 25.3. The molecule has 13 nitrogen and oxygen atoms in total. The number of rotatable bonds is 24. The predicted octanol–water partition coefficient (Wildman–Crippen LogP) is 9.61. The molecule has 4 aromatic rings. The highest BCUT2D eigenvalue weighted by Crippen LogP contribution is 2.41. The van der Waals surface area contributed by atoms with E-state index in [9.17, 15) is 9.59 Å². The topological polar surface area (TPSA) is 138 Å². The van der Waals surface area contributed by atoms with E-state index in [0.717, 1.165) is 28.3 Å². The summed E-state index contributed by atoms with van der Waals surface area (Å²) in [6.07, 6.45) is -8.45. The Labute approximate surface area is 418 Å². The Hall–Kier alpha value is -4.11. The molecule has 15 heteroatoms. The van der Waals surface area contributed by atoms with E-state index in [-0.39, 0.29) is 44.0 Å². The highest BCUT2D eigenvalue weighted by atomic mass is 28.4. The summed E-state index contributed by atoms with van der Waals surface area (Å²) in [6.45, 7) is 21.9. The third kappa shape index (κ3) is 16.7. The van der Waals surface area contributed by atoms with E-state index >= 15 is 0 Å². The second-order valence-corrected chi connectivity index (χ2v) is 31.4. The lowest BCUT2D eigenvalue weighted by molar-refractivity contribution is -0.359. The SMILES string of the molecule is CC(=O)N[C@H]1[C@H](O[C@H]2[C@@H](OCc3ccccc3)[C@@H](COCc3ccccc3)O[C@@H](OCC[Si](C)(C)C)[C@@H]2OCc2ccccc2)O[C@H](COCc2ccccc2)[C@@H](O[Si](C)(C)C(C)(C)C)[C@@H]1OC(C)=O. The number of ether oxygens (including phenoxy) is 9. The summed E-state index contributed by atoms with van der Waals surface area (Å²) < 4.78 is 68.4. The molecule has 1 amide bonds. The molecule has 0 radical (unpaired) electrons. The zero-order valence-corrected chi connectivity index (χ0v) is 44.9. The van der Waals surface area contributed by atoms with Crippen molar-refractivity contribution in [1.29, 1.82) is 0 Å². The molecule has 1 N–H and O–H groups in total. The van der Waals surface area contributed by atoms with E-state index in [4.69, 9.17) is 47.1 Å². The Morgan fingerprint density at radius 1 is 0.557 bits per heavy atom. The van der Waals surface area contributed by atoms with E-state index < -0.39 is 83.7 Å². The van der Waals surface area contributed by atoms with Crippen molar-refractivity contribution >= 4 is 28.3 Å². The molecule has 0 bridgehead atoms. The van der Waals surface area contributed by atoms with Crippen LogP contribution in [0.3, 0.4) is 0 Å². The van der Waals surface area contributed by atoms with Crippen LogP contribution in [0.2, 0.25) is 43.8 Å². The Kier molecular flexibility index (Phi) is 20.5. The maximum atomic E-state index is 13.4. The van der Waals surface area contributed by atoms with Crippen LogP contribution in [-0.2, 0) is 83.1 Å². The van der Waals surface area contributed by atoms with Gasteiger partial charge in [0.15, 0.2) is 27.0 Å². The summed E-state index contributed by atoms with van der Waals surface area (Å²) >= 11 is 0. The first-order valence-electron chi connectivity index (χ1n) is 24.6. The van der Waals surface area contributed by atoms with Gasteiger partial charge in [0.05, 0.1) is 39.6 Å². The Morgan fingerprint density at radius 2 is 1.00 bits per heavy atom. The quantitative estimate of drug-likeness (QED) is 0.0529. The maximum absolute atomic E-state index is 13.4. The standard InChI is InChI=1S/C55H77NO12Si2/c1-39(57)56-47-50(64-40(2)58)49(68-70(9,10)55(3,4)5)46(38-60-34-42-25-17-12-18-26-42)65-53(47)67-51-48(62-35-43-27-19-13-20-28-43)45(37-59-33-41-23-15-11-16-24-41)66-54(61-31-32-69(6,7)8)52(51)63-36-44-29-21-14-22-30-44/h11-30,45-54H,31-38H2,1-10H3,(H,56,57)/t45-,46-,47-,48+,49-,50-,51+,52-,53+,54-/m1/s1. The largest absolute Gasteiger partial charge is 0.457 e. The summed E-state index contributed by atoms with van der Waals surface area (Å²) in [5.74, 6) is -0.941. The summed E-state index contributed by atoms with van der Waals surface area (Å²) in [5, 5.41) is 2.83. The highest BCUT2D eigenvalue weighted by molar-refractivity contribution is 6.76. The first kappa shape index (κ1) is 55.2. The van der Waals surface area contributed by atoms with Gasteiger partial charge in [0.2, 0.25) is 5.91 Å². The van der Waals surface area contributed by atoms with Gasteiger partial charge in [-0.1, -0.05) is 162 Å². The Balaban J connectivity index is 1.46. The van der Waals surface area contributed by atoms with Gasteiger partial charge >= 0.3 is 5.97 Å². The molecule has 2 aliphatic rings. The molecular formula is C55H77NO12Si2. The van der Waals surface area contributed by atoms with Crippen molar-refractivity contribution < 1.29 is 56.6 Å². The average Bonchev–Trinajstić information content (AvgIpc) is 3.31. The maximum Gasteiger partial charge on any atom is 0.303 e. The zero-order valence-electron chi connectivity index (χ0n) is 42.9. The molecule has 0 spiro atoms. The van der Waals surface area contributed by atoms with Crippen LogP contribution in [0.5, 0.6) is 0 Å². The molecule has 6 rings (SSSR count). The van der Waals surface area contributed by atoms with Crippen LogP contribution in [0, 0.1) is 0 Å². The van der Waals surface area contributed by atoms with Crippen molar-refractivity contribution in [1.82, 2.24) is 5.32 Å². The summed E-state index contributed by atoms with van der Waals surface area (Å²) in [5.41, 5.74) is 3.83. The number of hydrogen-bond donors (Lipinski definition) is 1. The van der Waals surface area contributed by atoms with Gasteiger partial charge in [-0.15, -0.1) is 0 Å². The minimum absolute atomic E-state index is 0.0482. The number of nitrogens with one attached hydrogen (secondary N) is 1. The molecule has 2 aliphatic heterocycles. The van der Waals surface area contributed by atoms with Crippen molar-refractivity contribution in [3.8, 4) is 0 Å². The predicted molar refractivity (Wildman–Crippen MR) is 274 cm³/mol. The molecular weight excluding hydrogens is 923 g/mol. The number of hydrogen-bond acceptors (Lipinski definition) is 12. The number of carbonyl (C=O) groups excluding carboxylic acids is 2. The summed E-state index contributed by atoms with van der Waals surface area (Å²) in [7, 11) is -4.19. The lowest BCUT2D eigenvalue weighted by Gasteiger charge is -2.52. The molecule has 2 saturated heterocycles. The smallest absolute Gasteiger partial charge is 0.303 e. The van der Waals surface area contributed by atoms with E-state index in [1.807, 2.05) is 121 Å². The van der Waals surface area contributed by atoms with E-state index in [1.165, 1.54) is 13.8 Å². The van der Waals surface area contributed by atoms with Crippen LogP contribution in [0.15, 0.2) is 121 Å². The third-order valence-corrected chi connectivity index (χ3v) is 19.1. The molecule has 2 heterocycles. The number of esters is 1. The van der Waals surface area contributed by atoms with Crippen LogP contribution in [0.25, 0.3) is 0 Å². The van der Waals surface area contributed by atoms with Crippen molar-refractivity contribution in [2.45, 2.75) is 166 Å². The van der Waals surface area contributed by atoms with Gasteiger partial charge in [-0.05, 0) is 46.4 Å². The summed E-state index contributed by atoms with van der Waals surface area (Å²) in [6, 6.07) is 39.3. The Bertz CT molecular complexity index is 2160. The van der Waals surface area contributed by atoms with Gasteiger partial charge in [0.25, 0.3) is 0 Å². The number of benzene rings is 4. The van der Waals surface area contributed by atoms with Gasteiger partial charge < -0.3 is 52.4 Å². The lowest BCUT2D eigenvalue weighted by atomic mass is 9.94. The minimum Gasteiger partial charge on any atom is -0.457 e. The van der Waals surface area contributed by atoms with E-state index in [2.05, 4.69) is 58.8 Å². The average molecular weight is 1000 g/mol. The second kappa shape index (κ2) is 26.0. The highest BCUT2D eigenvalue weighted by Gasteiger charge is 2.56. The van der Waals surface area contributed by atoms with Crippen LogP contribution >= 0.6 is 0 Å². The van der Waals surface area contributed by atoms with Crippen LogP contribution in [0.4, 0.5) is 0 Å². The molecule has 0 aliphatic carbocycles. The zero-order chi connectivity index (χ0) is 50.3. The fourth-order valence-electron chi connectivity index (χ4n) is 8.12. The number of carbonyl (C=O) groups is 2. The fourth-order valence-corrected chi connectivity index (χ4v) is 10.2. The monoisotopic (exact) mass is 999 g/mol. The molecule has 2 fully saturated rings. The van der Waals surface area contributed by atoms with Crippen LogP contribution in [-0.4, -0.2) is 109 Å². The van der Waals surface area contributed by atoms with Crippen LogP contribution in [0.1, 0.15) is 56.9 Å². The number of amides is 1. The summed E-state index contributed by atoms with van der Waals surface area (Å²) in [4.78, 5) is 26.7. The Morgan fingerprint density at radius 3 is 1.44 bits per heavy atom. The minimum atomic E-state index is -2.62. The molecule has 10 atom stereocenters. The molecule has 382 valence electrons. The van der Waals surface area contributed by atoms with Gasteiger partial charge in [0.1, 0.15) is 42.7 Å². The van der Waals surface area contributed by atoms with Gasteiger partial charge in [0, 0.05) is 28.5 Å². The van der Waals surface area contributed by atoms with E-state index in [1.54, 1.807) is 0 Å². The fraction of sp³-hybridized carbons (Fsp3) is 0.527. The lowest BCUT2D eigenvalue weighted by Crippen LogP contribution is -2.70. The van der Waals surface area contributed by atoms with Crippen molar-refractivity contribution in [3.05, 3.63) is 144 Å². The molecule has 0 unspecified atom stereocenters. The van der Waals surface area contributed by atoms with Crippen molar-refractivity contribution in [2.24, 2.45) is 0 Å². The van der Waals surface area contributed by atoms with Crippen molar-refractivity contribution in [2.75, 3.05) is 19.8 Å².